The first-order valence-electron chi connectivity index (χ1n) is 4.98. The first kappa shape index (κ1) is 11.2. The van der Waals surface area contributed by atoms with Gasteiger partial charge in [0.2, 0.25) is 0 Å². The van der Waals surface area contributed by atoms with Crippen molar-refractivity contribution in [1.29, 1.82) is 0 Å². The van der Waals surface area contributed by atoms with Gasteiger partial charge >= 0.3 is 0 Å². The zero-order chi connectivity index (χ0) is 10.8. The summed E-state index contributed by atoms with van der Waals surface area (Å²) in [5, 5.41) is 1.50. The fourth-order valence-corrected chi connectivity index (χ4v) is 3.25. The summed E-state index contributed by atoms with van der Waals surface area (Å²) >= 11 is 0. The molecule has 0 fully saturated rings. The maximum Gasteiger partial charge on any atom is 0.0784 e. The lowest BCUT2D eigenvalue weighted by atomic mass is 10.2. The van der Waals surface area contributed by atoms with Crippen molar-refractivity contribution in [2.45, 2.75) is 26.6 Å². The van der Waals surface area contributed by atoms with Gasteiger partial charge < -0.3 is 0 Å². The molecule has 0 heterocycles. The summed E-state index contributed by atoms with van der Waals surface area (Å²) in [4.78, 5) is 4.11. The van der Waals surface area contributed by atoms with Gasteiger partial charge in [0.1, 0.15) is 0 Å². The quantitative estimate of drug-likeness (QED) is 0.520. The maximum atomic E-state index is 4.11. The summed E-state index contributed by atoms with van der Waals surface area (Å²) in [6, 6.07) is 6.64. The Morgan fingerprint density at radius 2 is 1.86 bits per heavy atom. The number of aryl methyl sites for hydroxylation is 1. The third-order valence-corrected chi connectivity index (χ3v) is 4.33. The molecule has 1 aromatic carbocycles. The van der Waals surface area contributed by atoms with Crippen molar-refractivity contribution in [3.63, 3.8) is 0 Å². The molecule has 0 atom stereocenters. The SMILES string of the molecule is CN=Cc1ccc(C)cc1[Si](C)(C)C. The molecule has 0 amide bonds. The molecule has 14 heavy (non-hydrogen) atoms. The molecule has 0 saturated carbocycles. The van der Waals surface area contributed by atoms with Gasteiger partial charge in [-0.1, -0.05) is 48.6 Å². The van der Waals surface area contributed by atoms with Crippen LogP contribution in [0.1, 0.15) is 11.1 Å². The first-order valence-corrected chi connectivity index (χ1v) is 8.48. The lowest BCUT2D eigenvalue weighted by Gasteiger charge is -2.19. The molecule has 76 valence electrons. The van der Waals surface area contributed by atoms with E-state index in [2.05, 4.69) is 49.8 Å². The topological polar surface area (TPSA) is 12.4 Å². The lowest BCUT2D eigenvalue weighted by molar-refractivity contribution is 1.44. The normalized spacial score (nSPS) is 12.4. The molecular formula is C12H19NSi. The van der Waals surface area contributed by atoms with E-state index in [1.54, 1.807) is 0 Å². The molecule has 0 radical (unpaired) electrons. The maximum absolute atomic E-state index is 4.11. The molecule has 0 bridgehead atoms. The summed E-state index contributed by atoms with van der Waals surface area (Å²) in [7, 11) is 0.589. The molecule has 0 aromatic heterocycles. The van der Waals surface area contributed by atoms with Crippen LogP contribution in [-0.4, -0.2) is 21.3 Å². The molecule has 0 aliphatic heterocycles. The summed E-state index contributed by atoms with van der Waals surface area (Å²) in [5.74, 6) is 0. The Hall–Kier alpha value is -0.893. The van der Waals surface area contributed by atoms with Crippen LogP contribution in [0.25, 0.3) is 0 Å². The zero-order valence-corrected chi connectivity index (χ0v) is 10.8. The van der Waals surface area contributed by atoms with Crippen LogP contribution in [0.5, 0.6) is 0 Å². The van der Waals surface area contributed by atoms with Crippen molar-refractivity contribution >= 4 is 19.5 Å². The smallest absolute Gasteiger partial charge is 0.0784 e. The summed E-state index contributed by atoms with van der Waals surface area (Å²) in [6.07, 6.45) is 1.97. The van der Waals surface area contributed by atoms with Gasteiger partial charge in [-0.15, -0.1) is 0 Å². The Morgan fingerprint density at radius 3 is 2.36 bits per heavy atom. The minimum absolute atomic E-state index is 1.24. The highest BCUT2D eigenvalue weighted by Gasteiger charge is 2.19. The minimum atomic E-state index is -1.24. The van der Waals surface area contributed by atoms with Crippen LogP contribution in [0.4, 0.5) is 0 Å². The van der Waals surface area contributed by atoms with Crippen molar-refractivity contribution in [3.8, 4) is 0 Å². The van der Waals surface area contributed by atoms with E-state index in [0.29, 0.717) is 0 Å². The highest BCUT2D eigenvalue weighted by Crippen LogP contribution is 2.08. The minimum Gasteiger partial charge on any atom is -0.296 e. The second-order valence-corrected chi connectivity index (χ2v) is 9.77. The molecule has 1 rings (SSSR count). The number of aliphatic imine (C=N–C) groups is 1. The molecule has 0 aliphatic carbocycles. The monoisotopic (exact) mass is 205 g/mol. The Kier molecular flexibility index (Phi) is 3.27. The predicted molar refractivity (Wildman–Crippen MR) is 67.7 cm³/mol. The van der Waals surface area contributed by atoms with E-state index in [1.807, 2.05) is 13.3 Å². The first-order chi connectivity index (χ1) is 6.45. The van der Waals surface area contributed by atoms with Crippen molar-refractivity contribution in [2.75, 3.05) is 7.05 Å². The van der Waals surface area contributed by atoms with E-state index in [1.165, 1.54) is 16.3 Å². The summed E-state index contributed by atoms with van der Waals surface area (Å²) in [6.45, 7) is 9.26. The van der Waals surface area contributed by atoms with Crippen LogP contribution in [0.15, 0.2) is 23.2 Å². The van der Waals surface area contributed by atoms with Gasteiger partial charge in [-0.2, -0.15) is 0 Å². The molecule has 0 N–H and O–H groups in total. The van der Waals surface area contributed by atoms with Gasteiger partial charge in [0.25, 0.3) is 0 Å². The number of hydrogen-bond acceptors (Lipinski definition) is 1. The van der Waals surface area contributed by atoms with E-state index >= 15 is 0 Å². The van der Waals surface area contributed by atoms with Gasteiger partial charge in [-0.05, 0) is 12.5 Å². The second kappa shape index (κ2) is 4.09. The second-order valence-electron chi connectivity index (χ2n) is 4.73. The fourth-order valence-electron chi connectivity index (χ4n) is 1.57. The van der Waals surface area contributed by atoms with Crippen LogP contribution >= 0.6 is 0 Å². The molecule has 1 nitrogen and oxygen atoms in total. The fraction of sp³-hybridized carbons (Fsp3) is 0.417. The van der Waals surface area contributed by atoms with Gasteiger partial charge in [-0.25, -0.2) is 0 Å². The third kappa shape index (κ3) is 2.55. The van der Waals surface area contributed by atoms with Gasteiger partial charge in [-0.3, -0.25) is 4.99 Å². The molecule has 0 aliphatic rings. The zero-order valence-electron chi connectivity index (χ0n) is 9.76. The van der Waals surface area contributed by atoms with Gasteiger partial charge in [0, 0.05) is 13.3 Å². The highest BCUT2D eigenvalue weighted by molar-refractivity contribution is 6.89. The average molecular weight is 205 g/mol. The average Bonchev–Trinajstić information content (AvgIpc) is 2.07. The Labute approximate surface area is 87.9 Å². The number of nitrogens with zero attached hydrogens (tertiary/aromatic N) is 1. The van der Waals surface area contributed by atoms with E-state index in [-0.39, 0.29) is 0 Å². The molecule has 2 heteroatoms. The number of rotatable bonds is 2. The lowest BCUT2D eigenvalue weighted by Crippen LogP contribution is -2.40. The number of benzene rings is 1. The predicted octanol–water partition coefficient (Wildman–Crippen LogP) is 2.59. The van der Waals surface area contributed by atoms with E-state index in [0.717, 1.165) is 0 Å². The van der Waals surface area contributed by atoms with Crippen molar-refractivity contribution < 1.29 is 0 Å². The largest absolute Gasteiger partial charge is 0.296 e. The van der Waals surface area contributed by atoms with Gasteiger partial charge in [0.15, 0.2) is 0 Å². The molecule has 0 spiro atoms. The van der Waals surface area contributed by atoms with Crippen molar-refractivity contribution in [1.82, 2.24) is 0 Å². The van der Waals surface area contributed by atoms with Crippen molar-refractivity contribution in [3.05, 3.63) is 29.3 Å². The van der Waals surface area contributed by atoms with E-state index in [4.69, 9.17) is 0 Å². The third-order valence-electron chi connectivity index (χ3n) is 2.28. The van der Waals surface area contributed by atoms with Crippen LogP contribution in [0.2, 0.25) is 19.6 Å². The van der Waals surface area contributed by atoms with E-state index < -0.39 is 8.07 Å². The molecule has 0 unspecified atom stereocenters. The summed E-state index contributed by atoms with van der Waals surface area (Å²) < 4.78 is 0. The Morgan fingerprint density at radius 1 is 1.21 bits per heavy atom. The van der Waals surface area contributed by atoms with Crippen LogP contribution in [0, 0.1) is 6.92 Å². The molecule has 1 aromatic rings. The van der Waals surface area contributed by atoms with E-state index in [9.17, 15) is 0 Å². The Balaban J connectivity index is 3.30. The van der Waals surface area contributed by atoms with Crippen molar-refractivity contribution in [2.24, 2.45) is 4.99 Å². The number of hydrogen-bond donors (Lipinski definition) is 0. The van der Waals surface area contributed by atoms with Crippen LogP contribution < -0.4 is 5.19 Å². The van der Waals surface area contributed by atoms with Gasteiger partial charge in [0.05, 0.1) is 8.07 Å². The van der Waals surface area contributed by atoms with Crippen LogP contribution in [-0.2, 0) is 0 Å². The Bertz CT molecular complexity index is 348. The standard InChI is InChI=1S/C12H19NSi/c1-10-6-7-11(9-13-2)12(8-10)14(3,4)5/h6-9H,1-5H3. The molecule has 0 saturated heterocycles. The highest BCUT2D eigenvalue weighted by atomic mass is 28.3. The summed E-state index contributed by atoms with van der Waals surface area (Å²) in [5.41, 5.74) is 2.63. The van der Waals surface area contributed by atoms with Crippen LogP contribution in [0.3, 0.4) is 0 Å². The molecular weight excluding hydrogens is 186 g/mol.